The number of hydrogen-bond acceptors (Lipinski definition) is 5. The minimum absolute atomic E-state index is 0.353. The highest BCUT2D eigenvalue weighted by atomic mass is 32.2. The second-order valence-corrected chi connectivity index (χ2v) is 7.81. The zero-order valence-corrected chi connectivity index (χ0v) is 12.5. The second kappa shape index (κ2) is 5.59. The summed E-state index contributed by atoms with van der Waals surface area (Å²) in [4.78, 5) is 8.31. The van der Waals surface area contributed by atoms with Crippen molar-refractivity contribution in [3.8, 4) is 0 Å². The van der Waals surface area contributed by atoms with Crippen LogP contribution in [0.25, 0.3) is 0 Å². The molecule has 1 N–H and O–H groups in total. The number of hydrogen-bond donors (Lipinski definition) is 1. The van der Waals surface area contributed by atoms with Gasteiger partial charge in [-0.1, -0.05) is 6.92 Å². The Morgan fingerprint density at radius 1 is 1.53 bits per heavy atom. The Morgan fingerprint density at radius 3 is 3.06 bits per heavy atom. The van der Waals surface area contributed by atoms with Crippen molar-refractivity contribution in [2.24, 2.45) is 0 Å². The minimum Gasteiger partial charge on any atom is -0.346 e. The highest BCUT2D eigenvalue weighted by molar-refractivity contribution is 8.00. The summed E-state index contributed by atoms with van der Waals surface area (Å²) < 4.78 is 0.353. The van der Waals surface area contributed by atoms with E-state index < -0.39 is 0 Å². The van der Waals surface area contributed by atoms with Gasteiger partial charge in [0.1, 0.15) is 0 Å². The van der Waals surface area contributed by atoms with Gasteiger partial charge in [0.05, 0.1) is 0 Å². The molecule has 0 amide bonds. The quantitative estimate of drug-likeness (QED) is 0.911. The number of anilines is 1. The molecule has 0 unspecified atom stereocenters. The summed E-state index contributed by atoms with van der Waals surface area (Å²) in [6.45, 7) is 11.0. The van der Waals surface area contributed by atoms with Gasteiger partial charge in [0.15, 0.2) is 5.13 Å². The summed E-state index contributed by atoms with van der Waals surface area (Å²) in [6, 6.07) is 0. The molecule has 1 fully saturated rings. The van der Waals surface area contributed by atoms with Gasteiger partial charge in [0.2, 0.25) is 0 Å². The van der Waals surface area contributed by atoms with Crippen molar-refractivity contribution in [3.63, 3.8) is 0 Å². The van der Waals surface area contributed by atoms with Gasteiger partial charge in [-0.25, -0.2) is 4.98 Å². The van der Waals surface area contributed by atoms with E-state index in [1.54, 1.807) is 0 Å². The van der Waals surface area contributed by atoms with Gasteiger partial charge >= 0.3 is 0 Å². The Morgan fingerprint density at radius 2 is 2.35 bits per heavy atom. The van der Waals surface area contributed by atoms with E-state index in [1.165, 1.54) is 15.8 Å². The maximum absolute atomic E-state index is 4.55. The Bertz CT molecular complexity index is 362. The average Bonchev–Trinajstić information content (AvgIpc) is 2.73. The lowest BCUT2D eigenvalue weighted by molar-refractivity contribution is 0.646. The smallest absolute Gasteiger partial charge is 0.185 e. The van der Waals surface area contributed by atoms with Crippen LogP contribution < -0.4 is 10.2 Å². The molecule has 0 spiro atoms. The number of nitrogens with zero attached hydrogens (tertiary/aromatic N) is 2. The maximum Gasteiger partial charge on any atom is 0.185 e. The largest absolute Gasteiger partial charge is 0.346 e. The van der Waals surface area contributed by atoms with E-state index in [9.17, 15) is 0 Å². The topological polar surface area (TPSA) is 28.2 Å². The summed E-state index contributed by atoms with van der Waals surface area (Å²) in [6.07, 6.45) is 2.01. The molecule has 5 heteroatoms. The van der Waals surface area contributed by atoms with E-state index >= 15 is 0 Å². The van der Waals surface area contributed by atoms with Crippen molar-refractivity contribution < 1.29 is 0 Å². The normalized spacial score (nSPS) is 19.6. The average molecular weight is 271 g/mol. The number of nitrogens with one attached hydrogen (secondary N) is 1. The van der Waals surface area contributed by atoms with Gasteiger partial charge in [-0.15, -0.1) is 11.3 Å². The predicted octanol–water partition coefficient (Wildman–Crippen LogP) is 2.58. The fourth-order valence-corrected chi connectivity index (χ4v) is 3.97. The molecule has 2 heterocycles. The van der Waals surface area contributed by atoms with E-state index in [-0.39, 0.29) is 0 Å². The molecule has 0 bridgehead atoms. The molecule has 1 aromatic heterocycles. The predicted molar refractivity (Wildman–Crippen MR) is 78.2 cm³/mol. The first-order valence-electron chi connectivity index (χ1n) is 6.15. The molecule has 17 heavy (non-hydrogen) atoms. The van der Waals surface area contributed by atoms with Crippen molar-refractivity contribution in [1.82, 2.24) is 10.3 Å². The zero-order valence-electron chi connectivity index (χ0n) is 10.8. The van der Waals surface area contributed by atoms with Crippen LogP contribution in [0.1, 0.15) is 25.6 Å². The molecule has 1 aliphatic heterocycles. The Kier molecular flexibility index (Phi) is 4.33. The Labute approximate surface area is 112 Å². The molecule has 1 saturated heterocycles. The van der Waals surface area contributed by atoms with Crippen LogP contribution in [-0.2, 0) is 6.54 Å². The van der Waals surface area contributed by atoms with Crippen molar-refractivity contribution in [3.05, 3.63) is 11.1 Å². The van der Waals surface area contributed by atoms with E-state index in [0.29, 0.717) is 4.75 Å². The van der Waals surface area contributed by atoms with Gasteiger partial charge in [0, 0.05) is 41.2 Å². The van der Waals surface area contributed by atoms with E-state index in [2.05, 4.69) is 47.7 Å². The molecule has 0 saturated carbocycles. The van der Waals surface area contributed by atoms with Gasteiger partial charge in [-0.2, -0.15) is 11.8 Å². The van der Waals surface area contributed by atoms with Crippen LogP contribution in [-0.4, -0.2) is 35.1 Å². The Hall–Kier alpha value is -0.260. The highest BCUT2D eigenvalue weighted by Gasteiger charge is 2.28. The van der Waals surface area contributed by atoms with Gasteiger partial charge < -0.3 is 10.2 Å². The number of aromatic nitrogens is 1. The fraction of sp³-hybridized carbons (Fsp3) is 0.750. The molecule has 3 nitrogen and oxygen atoms in total. The molecule has 0 aromatic carbocycles. The van der Waals surface area contributed by atoms with Crippen LogP contribution in [0.5, 0.6) is 0 Å². The lowest BCUT2D eigenvalue weighted by Gasteiger charge is -2.37. The third-order valence-corrected chi connectivity index (χ3v) is 5.14. The van der Waals surface area contributed by atoms with Crippen LogP contribution in [0.4, 0.5) is 5.13 Å². The van der Waals surface area contributed by atoms with Gasteiger partial charge in [0.25, 0.3) is 0 Å². The summed E-state index contributed by atoms with van der Waals surface area (Å²) in [7, 11) is 0. The Balaban J connectivity index is 1.99. The van der Waals surface area contributed by atoms with Gasteiger partial charge in [-0.05, 0) is 20.4 Å². The van der Waals surface area contributed by atoms with Crippen LogP contribution >= 0.6 is 23.1 Å². The van der Waals surface area contributed by atoms with Crippen molar-refractivity contribution in [1.29, 1.82) is 0 Å². The first-order chi connectivity index (χ1) is 8.11. The minimum atomic E-state index is 0.353. The standard InChI is InChI=1S/C12H21N3S2/c1-4-13-7-10-8-14-11(17-10)15-5-6-16-12(2,3)9-15/h8,13H,4-7,9H2,1-3H3. The molecule has 0 aliphatic carbocycles. The summed E-state index contributed by atoms with van der Waals surface area (Å²) in [5, 5.41) is 4.53. The van der Waals surface area contributed by atoms with Crippen molar-refractivity contribution >= 4 is 28.2 Å². The molecule has 96 valence electrons. The van der Waals surface area contributed by atoms with E-state index in [0.717, 1.165) is 26.2 Å². The number of rotatable bonds is 4. The third kappa shape index (κ3) is 3.60. The van der Waals surface area contributed by atoms with E-state index in [4.69, 9.17) is 0 Å². The molecule has 1 aliphatic rings. The van der Waals surface area contributed by atoms with E-state index in [1.807, 2.05) is 17.5 Å². The number of thiazole rings is 1. The maximum atomic E-state index is 4.55. The SMILES string of the molecule is CCNCc1cnc(N2CCSC(C)(C)C2)s1. The van der Waals surface area contributed by atoms with Gasteiger partial charge in [-0.3, -0.25) is 0 Å². The summed E-state index contributed by atoms with van der Waals surface area (Å²) in [5.74, 6) is 1.20. The highest BCUT2D eigenvalue weighted by Crippen LogP contribution is 2.33. The van der Waals surface area contributed by atoms with Crippen LogP contribution in [0.3, 0.4) is 0 Å². The molecule has 0 atom stereocenters. The van der Waals surface area contributed by atoms with Crippen LogP contribution in [0.15, 0.2) is 6.20 Å². The fourth-order valence-electron chi connectivity index (χ4n) is 1.95. The first-order valence-corrected chi connectivity index (χ1v) is 7.95. The van der Waals surface area contributed by atoms with Crippen LogP contribution in [0.2, 0.25) is 0 Å². The summed E-state index contributed by atoms with van der Waals surface area (Å²) >= 11 is 3.89. The summed E-state index contributed by atoms with van der Waals surface area (Å²) in [5.41, 5.74) is 0. The first kappa shape index (κ1) is 13.2. The molecule has 0 radical (unpaired) electrons. The second-order valence-electron chi connectivity index (χ2n) is 4.92. The lowest BCUT2D eigenvalue weighted by Crippen LogP contribution is -2.43. The van der Waals surface area contributed by atoms with Crippen molar-refractivity contribution in [2.45, 2.75) is 32.1 Å². The third-order valence-electron chi connectivity index (χ3n) is 2.79. The monoisotopic (exact) mass is 271 g/mol. The lowest BCUT2D eigenvalue weighted by atomic mass is 10.2. The van der Waals surface area contributed by atoms with Crippen LogP contribution in [0, 0.1) is 0 Å². The molecular formula is C12H21N3S2. The molecular weight excluding hydrogens is 250 g/mol. The zero-order chi connectivity index (χ0) is 12.3. The van der Waals surface area contributed by atoms with Crippen molar-refractivity contribution in [2.75, 3.05) is 30.3 Å². The number of thioether (sulfide) groups is 1. The molecule has 1 aromatic rings. The molecule has 2 rings (SSSR count).